The molecule has 3 aromatic carbocycles. The number of nitrogens with one attached hydrogen (secondary N) is 1. The lowest BCUT2D eigenvalue weighted by atomic mass is 9.53. The molecule has 5 heterocycles. The molecule has 0 radical (unpaired) electrons. The Labute approximate surface area is 577 Å². The van der Waals surface area contributed by atoms with Crippen LogP contribution < -0.4 is 24.6 Å². The number of phenols is 2. The van der Waals surface area contributed by atoms with Gasteiger partial charge in [0, 0.05) is 79.2 Å². The number of carbonyl (C=O) groups is 4. The van der Waals surface area contributed by atoms with E-state index in [2.05, 4.69) is 79.5 Å². The zero-order chi connectivity index (χ0) is 71.2. The monoisotopic (exact) mass is 1360 g/mol. The number of aromatic hydroxyl groups is 2. The van der Waals surface area contributed by atoms with E-state index in [1.165, 1.54) is 81.7 Å². The Kier molecular flexibility index (Phi) is 21.4. The zero-order valence-electron chi connectivity index (χ0n) is 59.3. The Bertz CT molecular complexity index is 3980. The van der Waals surface area contributed by atoms with Gasteiger partial charge in [-0.1, -0.05) is 102 Å². The fourth-order valence-electron chi connectivity index (χ4n) is 16.1. The predicted molar refractivity (Wildman–Crippen MR) is 374 cm³/mol. The van der Waals surface area contributed by atoms with E-state index in [1.54, 1.807) is 44.9 Å². The first kappa shape index (κ1) is 72.8. The minimum atomic E-state index is -2.09. The third-order valence-electron chi connectivity index (χ3n) is 21.9. The molecule has 5 bridgehead atoms. The van der Waals surface area contributed by atoms with Gasteiger partial charge in [-0.2, -0.15) is 5.10 Å². The number of ketones is 2. The Morgan fingerprint density at radius 2 is 1.66 bits per heavy atom. The molecule has 2 saturated carbocycles. The van der Waals surface area contributed by atoms with Gasteiger partial charge in [-0.05, 0) is 117 Å². The summed E-state index contributed by atoms with van der Waals surface area (Å²) in [4.78, 5) is 53.0. The first-order chi connectivity index (χ1) is 46.2. The van der Waals surface area contributed by atoms with E-state index in [0.29, 0.717) is 37.9 Å². The highest BCUT2D eigenvalue weighted by Gasteiger charge is 2.60. The van der Waals surface area contributed by atoms with Crippen LogP contribution in [0.3, 0.4) is 0 Å². The van der Waals surface area contributed by atoms with Gasteiger partial charge in [0.25, 0.3) is 11.7 Å². The summed E-state index contributed by atoms with van der Waals surface area (Å²) >= 11 is 0. The molecule has 21 heteroatoms. The van der Waals surface area contributed by atoms with Crippen molar-refractivity contribution in [2.24, 2.45) is 51.9 Å². The van der Waals surface area contributed by atoms with E-state index in [4.69, 9.17) is 28.4 Å². The molecule has 12 rings (SSSR count). The number of aliphatic hydroxyl groups excluding tert-OH is 3. The number of methoxy groups -OCH3 is 1. The number of hydrogen-bond donors (Lipinski definition) is 6. The van der Waals surface area contributed by atoms with Crippen LogP contribution >= 0.6 is 0 Å². The smallest absolute Gasteiger partial charge is 0.312 e. The molecular formula is C77H98N4O16Si. The average molecular weight is 1360 g/mol. The molecule has 20 nitrogen and oxygen atoms in total. The summed E-state index contributed by atoms with van der Waals surface area (Å²) in [5, 5.41) is 81.3. The van der Waals surface area contributed by atoms with Crippen LogP contribution in [0.5, 0.6) is 34.5 Å². The number of piperazine rings is 1. The van der Waals surface area contributed by atoms with E-state index in [9.17, 15) is 49.8 Å². The summed E-state index contributed by atoms with van der Waals surface area (Å²) < 4.78 is 35.7. The van der Waals surface area contributed by atoms with E-state index in [1.807, 2.05) is 19.1 Å². The minimum Gasteiger partial charge on any atom is -0.872 e. The van der Waals surface area contributed by atoms with Gasteiger partial charge < -0.3 is 68.9 Å². The second-order valence-electron chi connectivity index (χ2n) is 30.0. The maximum Gasteiger partial charge on any atom is 0.312 e. The number of aliphatic hydroxyl groups is 3. The van der Waals surface area contributed by atoms with Gasteiger partial charge in [-0.25, -0.2) is 0 Å². The normalized spacial score (nSPS) is 32.7. The fraction of sp³-hybridized carbons (Fsp3) is 0.545. The first-order valence-electron chi connectivity index (χ1n) is 34.4. The topological polar surface area (TPSA) is 276 Å². The molecule has 3 aromatic rings. The van der Waals surface area contributed by atoms with Crippen molar-refractivity contribution in [3.8, 4) is 57.8 Å². The van der Waals surface area contributed by atoms with Crippen molar-refractivity contribution in [1.82, 2.24) is 5.01 Å². The number of quaternary nitrogens is 1. The lowest BCUT2D eigenvalue weighted by Gasteiger charge is -2.51. The molecule has 6 N–H and O–H groups in total. The molecule has 9 aliphatic rings. The Morgan fingerprint density at radius 1 is 0.949 bits per heavy atom. The minimum absolute atomic E-state index is 0.0432. The van der Waals surface area contributed by atoms with Crippen molar-refractivity contribution >= 4 is 54.2 Å². The fourth-order valence-corrected chi connectivity index (χ4v) is 16.8. The number of fused-ring (bicyclic) bond motifs is 19. The van der Waals surface area contributed by atoms with Gasteiger partial charge >= 0.3 is 11.8 Å². The molecule has 4 aliphatic carbocycles. The number of esters is 1. The number of phenolic OH excluding ortho intramolecular Hbond substituents is 2. The molecular weight excluding hydrogens is 1260 g/mol. The maximum absolute atomic E-state index is 14.6. The molecule has 15 atom stereocenters. The molecule has 1 saturated heterocycles. The number of likely N-dealkylation sites (N-methyl/N-ethyl adjacent to an activating group) is 1. The van der Waals surface area contributed by atoms with Crippen molar-refractivity contribution in [3.63, 3.8) is 0 Å². The number of allylic oxidation sites excluding steroid dienone is 6. The van der Waals surface area contributed by atoms with Gasteiger partial charge in [0.15, 0.2) is 17.3 Å². The quantitative estimate of drug-likeness (QED) is 0.0255. The van der Waals surface area contributed by atoms with Crippen molar-refractivity contribution in [2.45, 2.75) is 170 Å². The maximum atomic E-state index is 14.6. The molecule has 98 heavy (non-hydrogen) atoms. The van der Waals surface area contributed by atoms with Crippen LogP contribution in [0.4, 0.5) is 5.69 Å². The van der Waals surface area contributed by atoms with Gasteiger partial charge in [-0.15, -0.1) is 11.5 Å². The SMILES string of the molecule is CC#CC1C[C@H]2[C@@H]3CCC4=CC(=O)CCC4=C3[C@@H](c3ccc4c(c3)OCO4)C[C@]2(C)[C@H]1O.CO[C@H]1/C=C/O[C@@]2(C)Oc3c(C)c([O-])c4c(O)c(c(/C=N/N5CC[N+](C)(CC#C[Si](C)(C)C)CC5)c(O)c4c3C2=O)NC(=O)/C(C)=C\C=C\[C@H](C)[C@H](O)[C@@H](C)[C@@H](O)[C@@H](C)[C@H](OC(C)=O)[C@@H]1C. The number of Topliss-reactive ketones (excluding diaryl/α,β-unsaturated/α-hetero) is 1. The lowest BCUT2D eigenvalue weighted by Crippen LogP contribution is -2.56. The molecule has 0 aromatic heterocycles. The molecule has 526 valence electrons. The largest absolute Gasteiger partial charge is 0.872 e. The van der Waals surface area contributed by atoms with Gasteiger partial charge in [-0.3, -0.25) is 24.2 Å². The first-order valence-corrected chi connectivity index (χ1v) is 37.9. The van der Waals surface area contributed by atoms with Crippen molar-refractivity contribution in [3.05, 3.63) is 99.4 Å². The molecule has 1 unspecified atom stereocenters. The number of hydrazone groups is 1. The van der Waals surface area contributed by atoms with E-state index >= 15 is 0 Å². The Balaban J connectivity index is 0.000000267. The zero-order valence-corrected chi connectivity index (χ0v) is 60.3. The Hall–Kier alpha value is -7.89. The number of rotatable bonds is 6. The number of hydrogen-bond acceptors (Lipinski definition) is 18. The second kappa shape index (κ2) is 28.8. The van der Waals surface area contributed by atoms with Gasteiger partial charge in [0.05, 0.1) is 86.9 Å². The average Bonchev–Trinajstić information content (AvgIpc) is 1.47. The highest BCUT2D eigenvalue weighted by molar-refractivity contribution is 6.83. The third-order valence-corrected chi connectivity index (χ3v) is 22.9. The molecule has 3 fully saturated rings. The predicted octanol–water partition coefficient (Wildman–Crippen LogP) is 10.0. The number of amides is 1. The summed E-state index contributed by atoms with van der Waals surface area (Å²) in [5.74, 6) is 3.80. The van der Waals surface area contributed by atoms with Crippen molar-refractivity contribution < 1.29 is 82.7 Å². The highest BCUT2D eigenvalue weighted by Crippen LogP contribution is 2.65. The summed E-state index contributed by atoms with van der Waals surface area (Å²) in [7, 11) is 2.03. The van der Waals surface area contributed by atoms with Crippen LogP contribution in [0.15, 0.2) is 82.2 Å². The van der Waals surface area contributed by atoms with Crippen LogP contribution in [-0.2, 0) is 28.6 Å². The highest BCUT2D eigenvalue weighted by atomic mass is 28.3. The lowest BCUT2D eigenvalue weighted by molar-refractivity contribution is -0.906. The van der Waals surface area contributed by atoms with Crippen molar-refractivity contribution in [2.75, 3.05) is 59.0 Å². The number of nitrogens with zero attached hydrogens (tertiary/aromatic N) is 3. The van der Waals surface area contributed by atoms with Crippen LogP contribution in [-0.4, -0.2) is 163 Å². The molecule has 5 aliphatic heterocycles. The summed E-state index contributed by atoms with van der Waals surface area (Å²) in [5.41, 5.74) is 8.09. The molecule has 0 spiro atoms. The van der Waals surface area contributed by atoms with Crippen molar-refractivity contribution in [1.29, 1.82) is 0 Å². The molecule has 1 amide bonds. The Morgan fingerprint density at radius 3 is 2.35 bits per heavy atom. The van der Waals surface area contributed by atoms with E-state index in [-0.39, 0.29) is 68.9 Å². The van der Waals surface area contributed by atoms with Crippen LogP contribution in [0.1, 0.15) is 134 Å². The van der Waals surface area contributed by atoms with Crippen LogP contribution in [0.2, 0.25) is 19.6 Å². The van der Waals surface area contributed by atoms with Gasteiger partial charge in [0.2, 0.25) is 6.79 Å². The summed E-state index contributed by atoms with van der Waals surface area (Å²) in [6, 6.07) is 6.33. The number of benzene rings is 3. The summed E-state index contributed by atoms with van der Waals surface area (Å²) in [6.07, 6.45) is 11.6. The standard InChI is InChI=1S/C49H68N4O12Si.C28H30O4/c1-27-16-14-17-28(2)48(61)51-39-34(26-50-52-19-22-53(9,23-20-52)21-15-25-66(11,12)13)43(58)36-37(44(39)59)42(57)32(6)46-38(36)47(60)49(8,65-46)63-24-18-35(62-10)29(3)45(64-33(7)54)31(5)41(56)30(4)40(27)55;1-3-4-18-12-23-21-8-5-16-11-19(29)7-9-20(16)26(21)22(14-28(23,2)27(18)30)17-6-10-24-25(13-17)32-15-31-24/h14,16-18,24,26-27,29-31,35,40-41,45,55-56H,19-23H2,1-13H3,(H3-,50,51,57,58,59,60,61);6,10-11,13,18,21-23,27,30H,5,7-9,12,14-15H2,1-2H3/b16-14+,24-18+,28-17-;/t27-,29+,30+,31+,35-,40-,41+,45+,49-;18?,21-,22+,23-,27-,28-/m00/s1. The van der Waals surface area contributed by atoms with E-state index < -0.39 is 108 Å². The van der Waals surface area contributed by atoms with Crippen LogP contribution in [0, 0.1) is 77.1 Å². The number of ether oxygens (including phenoxy) is 6. The van der Waals surface area contributed by atoms with Crippen LogP contribution in [0.25, 0.3) is 10.8 Å². The van der Waals surface area contributed by atoms with Gasteiger partial charge in [0.1, 0.15) is 38.0 Å². The van der Waals surface area contributed by atoms with E-state index in [0.717, 1.165) is 61.2 Å². The summed E-state index contributed by atoms with van der Waals surface area (Å²) in [6.45, 7) is 26.7. The third kappa shape index (κ3) is 14.3. The number of carbonyl (C=O) groups excluding carboxylic acids is 4. The number of anilines is 1. The second-order valence-corrected chi connectivity index (χ2v) is 34.7.